The molecule has 2 saturated heterocycles. The minimum Gasteiger partial charge on any atom is -0.470 e. The molecule has 1 atom stereocenters. The Bertz CT molecular complexity index is 692. The smallest absolute Gasteiger partial charge is 0.309 e. The number of hydrogen-bond acceptors (Lipinski definition) is 9. The van der Waals surface area contributed by atoms with E-state index in [4.69, 9.17) is 9.47 Å². The highest BCUT2D eigenvalue weighted by molar-refractivity contribution is 6.99. The van der Waals surface area contributed by atoms with E-state index < -0.39 is 0 Å². The number of piperidine rings is 2. The second-order valence-corrected chi connectivity index (χ2v) is 9.60. The number of carbonyl (C=O) groups is 1. The van der Waals surface area contributed by atoms with E-state index in [2.05, 4.69) is 27.5 Å². The van der Waals surface area contributed by atoms with Crippen molar-refractivity contribution in [3.63, 3.8) is 0 Å². The van der Waals surface area contributed by atoms with E-state index in [1.165, 1.54) is 5.06 Å². The molecule has 0 aliphatic carbocycles. The van der Waals surface area contributed by atoms with Crippen molar-refractivity contribution in [3.05, 3.63) is 0 Å². The Balaban J connectivity index is 0.00000300. The molecule has 0 radical (unpaired) electrons. The molecule has 0 spiro atoms. The number of esters is 1. The number of hydroxylamine groups is 2. The minimum absolute atomic E-state index is 0. The van der Waals surface area contributed by atoms with Gasteiger partial charge in [0.25, 0.3) is 5.88 Å². The molecule has 2 aliphatic heterocycles. The Labute approximate surface area is 183 Å². The van der Waals surface area contributed by atoms with E-state index in [0.717, 1.165) is 43.5 Å². The molecule has 1 N–H and O–H groups in total. The van der Waals surface area contributed by atoms with Crippen molar-refractivity contribution in [1.82, 2.24) is 13.8 Å². The Morgan fingerprint density at radius 2 is 1.90 bits per heavy atom. The fourth-order valence-electron chi connectivity index (χ4n) is 3.90. The molecule has 10 heteroatoms. The zero-order chi connectivity index (χ0) is 20.5. The molecule has 0 amide bonds. The lowest BCUT2D eigenvalue weighted by atomic mass is 9.75. The lowest BCUT2D eigenvalue weighted by Crippen LogP contribution is -2.59. The monoisotopic (exact) mass is 448 g/mol. The van der Waals surface area contributed by atoms with Gasteiger partial charge in [-0.25, -0.2) is 0 Å². The van der Waals surface area contributed by atoms with Crippen molar-refractivity contribution in [2.75, 3.05) is 31.1 Å². The molecule has 1 unspecified atom stereocenters. The van der Waals surface area contributed by atoms with Crippen LogP contribution in [-0.2, 0) is 9.53 Å². The van der Waals surface area contributed by atoms with E-state index in [1.54, 1.807) is 0 Å². The lowest BCUT2D eigenvalue weighted by Gasteiger charge is -2.49. The number of aromatic nitrogens is 2. The van der Waals surface area contributed by atoms with Gasteiger partial charge >= 0.3 is 5.97 Å². The Morgan fingerprint density at radius 3 is 2.52 bits per heavy atom. The van der Waals surface area contributed by atoms with E-state index in [-0.39, 0.29) is 41.4 Å². The van der Waals surface area contributed by atoms with Crippen molar-refractivity contribution in [2.45, 2.75) is 65.5 Å². The SMILES string of the molecule is CCOC(=O)C1CCN(c2nsnc2OC2CC(C)(C)N(O)CC2(C)C)CC1.Cl. The van der Waals surface area contributed by atoms with Gasteiger partial charge in [-0.1, -0.05) is 13.8 Å². The minimum atomic E-state index is -0.359. The van der Waals surface area contributed by atoms with Crippen LogP contribution in [-0.4, -0.2) is 62.9 Å². The number of ether oxygens (including phenoxy) is 2. The van der Waals surface area contributed by atoms with Crippen molar-refractivity contribution in [3.8, 4) is 5.88 Å². The fourth-order valence-corrected chi connectivity index (χ4v) is 4.41. The van der Waals surface area contributed by atoms with Crippen LogP contribution in [0.1, 0.15) is 53.9 Å². The average Bonchev–Trinajstić information content (AvgIpc) is 3.08. The fraction of sp³-hybridized carbons (Fsp3) is 0.842. The summed E-state index contributed by atoms with van der Waals surface area (Å²) in [6, 6.07) is 0. The molecule has 1 aromatic rings. The molecule has 1 aromatic heterocycles. The summed E-state index contributed by atoms with van der Waals surface area (Å²) in [6.45, 7) is 12.5. The van der Waals surface area contributed by atoms with Gasteiger partial charge in [0, 0.05) is 37.0 Å². The first kappa shape index (κ1) is 24.1. The molecule has 0 bridgehead atoms. The largest absolute Gasteiger partial charge is 0.470 e. The number of carbonyl (C=O) groups excluding carboxylic acids is 1. The Morgan fingerprint density at radius 1 is 1.24 bits per heavy atom. The zero-order valence-electron chi connectivity index (χ0n) is 17.9. The van der Waals surface area contributed by atoms with Crippen LogP contribution < -0.4 is 9.64 Å². The zero-order valence-corrected chi connectivity index (χ0v) is 19.5. The molecule has 8 nitrogen and oxygen atoms in total. The standard InChI is InChI=1S/C19H32N4O4S.ClH/c1-6-26-17(24)13-7-9-22(10-8-13)15-16(21-28-20-15)27-14-11-19(4,5)23(25)12-18(14,2)3;/h13-14,25H,6-12H2,1-5H3;1H. The Kier molecular flexibility index (Phi) is 7.75. The van der Waals surface area contributed by atoms with E-state index in [1.807, 2.05) is 20.8 Å². The summed E-state index contributed by atoms with van der Waals surface area (Å²) in [5.74, 6) is 1.17. The molecule has 2 aliphatic rings. The van der Waals surface area contributed by atoms with Crippen molar-refractivity contribution in [1.29, 1.82) is 0 Å². The number of halogens is 1. The number of hydrogen-bond donors (Lipinski definition) is 1. The topological polar surface area (TPSA) is 88.0 Å². The van der Waals surface area contributed by atoms with Gasteiger partial charge in [-0.3, -0.25) is 4.79 Å². The Hall–Kier alpha value is -1.16. The van der Waals surface area contributed by atoms with Crippen LogP contribution in [0.15, 0.2) is 0 Å². The third-order valence-corrected chi connectivity index (χ3v) is 6.43. The second-order valence-electron chi connectivity index (χ2n) is 9.08. The van der Waals surface area contributed by atoms with Crippen LogP contribution in [0.5, 0.6) is 5.88 Å². The quantitative estimate of drug-likeness (QED) is 0.686. The predicted octanol–water partition coefficient (Wildman–Crippen LogP) is 3.39. The van der Waals surface area contributed by atoms with Gasteiger partial charge < -0.3 is 19.6 Å². The second kappa shape index (κ2) is 9.32. The maximum atomic E-state index is 12.0. The maximum Gasteiger partial charge on any atom is 0.309 e. The van der Waals surface area contributed by atoms with E-state index in [0.29, 0.717) is 25.5 Å². The van der Waals surface area contributed by atoms with Crippen LogP contribution in [0.2, 0.25) is 0 Å². The van der Waals surface area contributed by atoms with Gasteiger partial charge in [-0.05, 0) is 33.6 Å². The third kappa shape index (κ3) is 5.31. The first-order valence-corrected chi connectivity index (χ1v) is 10.7. The van der Waals surface area contributed by atoms with Gasteiger partial charge in [-0.2, -0.15) is 9.44 Å². The summed E-state index contributed by atoms with van der Waals surface area (Å²) < 4.78 is 20.4. The van der Waals surface area contributed by atoms with Crippen LogP contribution >= 0.6 is 24.1 Å². The molecule has 2 fully saturated rings. The summed E-state index contributed by atoms with van der Waals surface area (Å²) in [5, 5.41) is 11.7. The molecule has 0 saturated carbocycles. The molecule has 166 valence electrons. The highest BCUT2D eigenvalue weighted by Gasteiger charge is 2.46. The first-order chi connectivity index (χ1) is 13.1. The number of anilines is 1. The highest BCUT2D eigenvalue weighted by Crippen LogP contribution is 2.41. The van der Waals surface area contributed by atoms with Crippen LogP contribution in [0.3, 0.4) is 0 Å². The van der Waals surface area contributed by atoms with E-state index in [9.17, 15) is 10.0 Å². The molecular formula is C19H33ClN4O4S. The molecule has 3 rings (SSSR count). The third-order valence-electron chi connectivity index (χ3n) is 5.92. The van der Waals surface area contributed by atoms with Crippen molar-refractivity contribution >= 4 is 35.9 Å². The van der Waals surface area contributed by atoms with Gasteiger partial charge in [0.1, 0.15) is 6.10 Å². The lowest BCUT2D eigenvalue weighted by molar-refractivity contribution is -0.224. The van der Waals surface area contributed by atoms with Crippen LogP contribution in [0, 0.1) is 11.3 Å². The summed E-state index contributed by atoms with van der Waals surface area (Å²) >= 11 is 1.15. The van der Waals surface area contributed by atoms with Gasteiger partial charge in [-0.15, -0.1) is 16.8 Å². The molecule has 3 heterocycles. The summed E-state index contributed by atoms with van der Waals surface area (Å²) in [5.41, 5.74) is -0.580. The van der Waals surface area contributed by atoms with Gasteiger partial charge in [0.05, 0.1) is 24.3 Å². The van der Waals surface area contributed by atoms with E-state index >= 15 is 0 Å². The average molecular weight is 449 g/mol. The number of rotatable bonds is 5. The summed E-state index contributed by atoms with van der Waals surface area (Å²) in [4.78, 5) is 14.1. The normalized spacial score (nSPS) is 24.6. The summed E-state index contributed by atoms with van der Waals surface area (Å²) in [7, 11) is 0. The van der Waals surface area contributed by atoms with Crippen molar-refractivity contribution < 1.29 is 19.5 Å². The first-order valence-electron chi connectivity index (χ1n) is 10.0. The predicted molar refractivity (Wildman–Crippen MR) is 114 cm³/mol. The maximum absolute atomic E-state index is 12.0. The van der Waals surface area contributed by atoms with Gasteiger partial charge in [0.15, 0.2) is 0 Å². The highest BCUT2D eigenvalue weighted by atomic mass is 35.5. The molecule has 0 aromatic carbocycles. The molecule has 29 heavy (non-hydrogen) atoms. The van der Waals surface area contributed by atoms with Crippen LogP contribution in [0.25, 0.3) is 0 Å². The number of nitrogens with zero attached hydrogens (tertiary/aromatic N) is 4. The summed E-state index contributed by atoms with van der Waals surface area (Å²) in [6.07, 6.45) is 2.11. The molecular weight excluding hydrogens is 416 g/mol. The van der Waals surface area contributed by atoms with Crippen molar-refractivity contribution in [2.24, 2.45) is 11.3 Å². The van der Waals surface area contributed by atoms with Crippen LogP contribution in [0.4, 0.5) is 5.82 Å². The van der Waals surface area contributed by atoms with Gasteiger partial charge in [0.2, 0.25) is 5.82 Å².